The molecule has 0 unspecified atom stereocenters. The van der Waals surface area contributed by atoms with Crippen molar-refractivity contribution in [1.82, 2.24) is 5.32 Å². The lowest BCUT2D eigenvalue weighted by molar-refractivity contribution is 0.0964. The van der Waals surface area contributed by atoms with E-state index in [9.17, 15) is 9.18 Å². The fourth-order valence-electron chi connectivity index (χ4n) is 2.98. The summed E-state index contributed by atoms with van der Waals surface area (Å²) in [5.74, 6) is 0.0614. The van der Waals surface area contributed by atoms with Gasteiger partial charge in [0.1, 0.15) is 17.2 Å². The number of rotatable bonds is 5. The van der Waals surface area contributed by atoms with Gasteiger partial charge in [0.15, 0.2) is 5.75 Å². The highest BCUT2D eigenvalue weighted by molar-refractivity contribution is 6.39. The average Bonchev–Trinajstić information content (AvgIpc) is 3.07. The summed E-state index contributed by atoms with van der Waals surface area (Å²) >= 11 is 6.63. The smallest absolute Gasteiger partial charge is 0.255 e. The number of hydrogen-bond donors (Lipinski definition) is 1. The Bertz CT molecular complexity index is 999. The standard InChI is InChI=1S/C20H20ClFN2O3/c1-5-24(3)13-10-14-15(17(21)19(13)26-4)16(20(25)23-2)18(27-14)11-6-8-12(22)9-7-11/h6-10H,5H2,1-4H3,(H,23,25). The van der Waals surface area contributed by atoms with Gasteiger partial charge in [0.25, 0.3) is 5.91 Å². The van der Waals surface area contributed by atoms with E-state index in [1.54, 1.807) is 18.2 Å². The number of halogens is 2. The minimum Gasteiger partial charge on any atom is -0.493 e. The van der Waals surface area contributed by atoms with Gasteiger partial charge < -0.3 is 19.4 Å². The molecule has 1 aromatic heterocycles. The highest BCUT2D eigenvalue weighted by Crippen LogP contribution is 2.46. The lowest BCUT2D eigenvalue weighted by Gasteiger charge is -2.20. The highest BCUT2D eigenvalue weighted by atomic mass is 35.5. The molecular formula is C20H20ClFN2O3. The van der Waals surface area contributed by atoms with Crippen LogP contribution in [0.4, 0.5) is 10.1 Å². The molecule has 0 saturated heterocycles. The summed E-state index contributed by atoms with van der Waals surface area (Å²) in [6.45, 7) is 2.73. The average molecular weight is 391 g/mol. The summed E-state index contributed by atoms with van der Waals surface area (Å²) in [5.41, 5.74) is 2.06. The molecule has 3 aromatic rings. The quantitative estimate of drug-likeness (QED) is 0.685. The number of anilines is 1. The SMILES string of the molecule is CCN(C)c1cc2oc(-c3ccc(F)cc3)c(C(=O)NC)c2c(Cl)c1OC. The number of fused-ring (bicyclic) bond motifs is 1. The van der Waals surface area contributed by atoms with E-state index < -0.39 is 0 Å². The fourth-order valence-corrected chi connectivity index (χ4v) is 3.34. The van der Waals surface area contributed by atoms with Crippen molar-refractivity contribution in [3.8, 4) is 17.1 Å². The third-order valence-corrected chi connectivity index (χ3v) is 4.87. The van der Waals surface area contributed by atoms with Crippen molar-refractivity contribution in [2.75, 3.05) is 32.6 Å². The van der Waals surface area contributed by atoms with E-state index in [0.29, 0.717) is 33.1 Å². The van der Waals surface area contributed by atoms with Crippen LogP contribution in [0.3, 0.4) is 0 Å². The summed E-state index contributed by atoms with van der Waals surface area (Å²) in [7, 11) is 4.96. The van der Waals surface area contributed by atoms with Crippen molar-refractivity contribution >= 4 is 34.2 Å². The molecule has 5 nitrogen and oxygen atoms in total. The molecule has 0 saturated carbocycles. The lowest BCUT2D eigenvalue weighted by atomic mass is 10.0. The van der Waals surface area contributed by atoms with Crippen molar-refractivity contribution < 1.29 is 18.3 Å². The topological polar surface area (TPSA) is 54.7 Å². The number of carbonyl (C=O) groups excluding carboxylic acids is 1. The van der Waals surface area contributed by atoms with Gasteiger partial charge in [-0.25, -0.2) is 4.39 Å². The molecule has 7 heteroatoms. The molecule has 1 heterocycles. The molecule has 0 atom stereocenters. The Hall–Kier alpha value is -2.73. The van der Waals surface area contributed by atoms with E-state index in [0.717, 1.165) is 12.2 Å². The second kappa shape index (κ2) is 7.48. The van der Waals surface area contributed by atoms with Crippen LogP contribution in [0.5, 0.6) is 5.75 Å². The number of carbonyl (C=O) groups is 1. The predicted molar refractivity (Wildman–Crippen MR) is 106 cm³/mol. The molecule has 0 spiro atoms. The summed E-state index contributed by atoms with van der Waals surface area (Å²) in [6.07, 6.45) is 0. The summed E-state index contributed by atoms with van der Waals surface area (Å²) in [6, 6.07) is 7.54. The van der Waals surface area contributed by atoms with E-state index in [4.69, 9.17) is 20.8 Å². The van der Waals surface area contributed by atoms with Crippen LogP contribution >= 0.6 is 11.6 Å². The maximum atomic E-state index is 13.3. The van der Waals surface area contributed by atoms with Crippen molar-refractivity contribution in [1.29, 1.82) is 0 Å². The maximum absolute atomic E-state index is 13.3. The number of benzene rings is 2. The second-order valence-corrected chi connectivity index (χ2v) is 6.40. The van der Waals surface area contributed by atoms with Gasteiger partial charge >= 0.3 is 0 Å². The normalized spacial score (nSPS) is 10.9. The van der Waals surface area contributed by atoms with Gasteiger partial charge in [-0.15, -0.1) is 0 Å². The molecule has 3 rings (SSSR count). The third-order valence-electron chi connectivity index (χ3n) is 4.51. The van der Waals surface area contributed by atoms with Gasteiger partial charge in [0.2, 0.25) is 0 Å². The molecule has 2 aromatic carbocycles. The van der Waals surface area contributed by atoms with Crippen molar-refractivity contribution in [2.45, 2.75) is 6.92 Å². The molecule has 142 valence electrons. The third kappa shape index (κ3) is 3.21. The summed E-state index contributed by atoms with van der Waals surface area (Å²) in [5, 5.41) is 3.36. The van der Waals surface area contributed by atoms with Gasteiger partial charge in [0.05, 0.1) is 28.8 Å². The number of ether oxygens (including phenoxy) is 1. The maximum Gasteiger partial charge on any atom is 0.255 e. The van der Waals surface area contributed by atoms with Gasteiger partial charge in [0, 0.05) is 32.3 Å². The summed E-state index contributed by atoms with van der Waals surface area (Å²) in [4.78, 5) is 14.6. The Labute approximate surface area is 161 Å². The van der Waals surface area contributed by atoms with Crippen molar-refractivity contribution in [3.63, 3.8) is 0 Å². The van der Waals surface area contributed by atoms with Crippen molar-refractivity contribution in [2.24, 2.45) is 0 Å². The molecule has 0 radical (unpaired) electrons. The van der Waals surface area contributed by atoms with Crippen LogP contribution in [-0.4, -0.2) is 33.7 Å². The number of methoxy groups -OCH3 is 1. The molecule has 0 aliphatic carbocycles. The molecule has 0 aliphatic heterocycles. The van der Waals surface area contributed by atoms with Gasteiger partial charge in [-0.3, -0.25) is 4.79 Å². The Morgan fingerprint density at radius 2 is 2.00 bits per heavy atom. The van der Waals surface area contributed by atoms with E-state index in [1.165, 1.54) is 26.3 Å². The first-order chi connectivity index (χ1) is 12.9. The zero-order chi connectivity index (χ0) is 19.7. The molecular weight excluding hydrogens is 371 g/mol. The Kier molecular flexibility index (Phi) is 5.28. The minimum atomic E-state index is -0.372. The van der Waals surface area contributed by atoms with Crippen LogP contribution in [-0.2, 0) is 0 Å². The van der Waals surface area contributed by atoms with Gasteiger partial charge in [-0.1, -0.05) is 11.6 Å². The first-order valence-corrected chi connectivity index (χ1v) is 8.82. The first kappa shape index (κ1) is 19.0. The van der Waals surface area contributed by atoms with Crippen LogP contribution < -0.4 is 15.0 Å². The van der Waals surface area contributed by atoms with E-state index >= 15 is 0 Å². The second-order valence-electron chi connectivity index (χ2n) is 6.02. The molecule has 27 heavy (non-hydrogen) atoms. The molecule has 1 N–H and O–H groups in total. The van der Waals surface area contributed by atoms with E-state index in [1.807, 2.05) is 18.9 Å². The highest BCUT2D eigenvalue weighted by Gasteiger charge is 2.27. The van der Waals surface area contributed by atoms with E-state index in [2.05, 4.69) is 5.32 Å². The Balaban J connectivity index is 2.39. The largest absolute Gasteiger partial charge is 0.493 e. The van der Waals surface area contributed by atoms with Crippen LogP contribution in [0.2, 0.25) is 5.02 Å². The number of hydrogen-bond acceptors (Lipinski definition) is 4. The lowest BCUT2D eigenvalue weighted by Crippen LogP contribution is -2.19. The predicted octanol–water partition coefficient (Wildman–Crippen LogP) is 4.72. The molecule has 0 bridgehead atoms. The Morgan fingerprint density at radius 3 is 2.56 bits per heavy atom. The number of amides is 1. The zero-order valence-electron chi connectivity index (χ0n) is 15.5. The minimum absolute atomic E-state index is 0.285. The van der Waals surface area contributed by atoms with E-state index in [-0.39, 0.29) is 17.3 Å². The molecule has 0 fully saturated rings. The first-order valence-electron chi connectivity index (χ1n) is 8.45. The summed E-state index contributed by atoms with van der Waals surface area (Å²) < 4.78 is 24.8. The molecule has 0 aliphatic rings. The van der Waals surface area contributed by atoms with Crippen LogP contribution in [0.25, 0.3) is 22.3 Å². The van der Waals surface area contributed by atoms with Crippen LogP contribution in [0.1, 0.15) is 17.3 Å². The monoisotopic (exact) mass is 390 g/mol. The zero-order valence-corrected chi connectivity index (χ0v) is 16.3. The van der Waals surface area contributed by atoms with Crippen LogP contribution in [0, 0.1) is 5.82 Å². The van der Waals surface area contributed by atoms with Crippen molar-refractivity contribution in [3.05, 3.63) is 46.7 Å². The number of furan rings is 1. The van der Waals surface area contributed by atoms with Gasteiger partial charge in [-0.2, -0.15) is 0 Å². The van der Waals surface area contributed by atoms with Gasteiger partial charge in [-0.05, 0) is 31.2 Å². The number of nitrogens with one attached hydrogen (secondary N) is 1. The number of nitrogens with zero attached hydrogens (tertiary/aromatic N) is 1. The fraction of sp³-hybridized carbons (Fsp3) is 0.250. The van der Waals surface area contributed by atoms with Crippen LogP contribution in [0.15, 0.2) is 34.7 Å². The Morgan fingerprint density at radius 1 is 1.33 bits per heavy atom. The molecule has 1 amide bonds.